The van der Waals surface area contributed by atoms with Crippen LogP contribution in [0.4, 0.5) is 0 Å². The fraction of sp³-hybridized carbons (Fsp3) is 0.526. The monoisotopic (exact) mass is 370 g/mol. The van der Waals surface area contributed by atoms with Crippen LogP contribution in [0.3, 0.4) is 0 Å². The number of allylic oxidation sites excluding steroid dienone is 1. The fourth-order valence-corrected chi connectivity index (χ4v) is 3.84. The quantitative estimate of drug-likeness (QED) is 0.347. The number of carbonyl (C=O) groups is 1. The van der Waals surface area contributed by atoms with E-state index in [0.29, 0.717) is 29.6 Å². The smallest absolute Gasteiger partial charge is 0.161 e. The molecule has 0 amide bonds. The predicted octanol–water partition coefficient (Wildman–Crippen LogP) is 5.44. The number of alkyl halides is 2. The van der Waals surface area contributed by atoms with Crippen molar-refractivity contribution < 1.29 is 14.3 Å². The number of aldehydes is 1. The maximum absolute atomic E-state index is 10.8. The molecular weight excluding hydrogens is 347 g/mol. The summed E-state index contributed by atoms with van der Waals surface area (Å²) in [5.74, 6) is 1.50. The van der Waals surface area contributed by atoms with Gasteiger partial charge in [-0.2, -0.15) is 0 Å². The first kappa shape index (κ1) is 19.1. The third-order valence-electron chi connectivity index (χ3n) is 4.91. The van der Waals surface area contributed by atoms with Gasteiger partial charge in [-0.15, -0.1) is 23.2 Å². The van der Waals surface area contributed by atoms with Crippen LogP contribution in [0, 0.1) is 11.3 Å². The highest BCUT2D eigenvalue weighted by Gasteiger charge is 2.69. The fourth-order valence-electron chi connectivity index (χ4n) is 2.92. The summed E-state index contributed by atoms with van der Waals surface area (Å²) in [4.78, 5) is 10.8. The number of hydrogen-bond acceptors (Lipinski definition) is 3. The summed E-state index contributed by atoms with van der Waals surface area (Å²) in [6.07, 6.45) is 4.75. The van der Waals surface area contributed by atoms with Gasteiger partial charge in [-0.3, -0.25) is 4.79 Å². The van der Waals surface area contributed by atoms with Gasteiger partial charge in [-0.05, 0) is 44.0 Å². The molecule has 0 radical (unpaired) electrons. The molecule has 0 bridgehead atoms. The molecule has 2 rings (SSSR count). The number of benzene rings is 1. The predicted molar refractivity (Wildman–Crippen MR) is 98.6 cm³/mol. The Bertz CT molecular complexity index is 621. The summed E-state index contributed by atoms with van der Waals surface area (Å²) in [7, 11) is 1.56. The van der Waals surface area contributed by atoms with E-state index >= 15 is 0 Å². The van der Waals surface area contributed by atoms with Gasteiger partial charge in [-0.25, -0.2) is 0 Å². The van der Waals surface area contributed by atoms with E-state index in [1.54, 1.807) is 25.3 Å². The molecule has 1 saturated carbocycles. The molecule has 1 atom stereocenters. The Balaban J connectivity index is 1.85. The molecule has 3 nitrogen and oxygen atoms in total. The highest BCUT2D eigenvalue weighted by atomic mass is 35.5. The summed E-state index contributed by atoms with van der Waals surface area (Å²) in [6.45, 7) is 6.74. The van der Waals surface area contributed by atoms with Crippen LogP contribution < -0.4 is 9.47 Å². The van der Waals surface area contributed by atoms with E-state index in [9.17, 15) is 4.79 Å². The maximum atomic E-state index is 10.8. The molecule has 0 spiro atoms. The van der Waals surface area contributed by atoms with Crippen molar-refractivity contribution in [3.05, 3.63) is 35.4 Å². The van der Waals surface area contributed by atoms with Crippen molar-refractivity contribution in [2.24, 2.45) is 11.3 Å². The Kier molecular flexibility index (Phi) is 5.87. The SMILES string of the molecule is COc1cc(C=O)ccc1OCC=C(C)CCC1C(C)(C)C1(Cl)Cl. The lowest BCUT2D eigenvalue weighted by Gasteiger charge is -2.10. The van der Waals surface area contributed by atoms with Crippen LogP contribution in [0.5, 0.6) is 11.5 Å². The maximum Gasteiger partial charge on any atom is 0.161 e. The standard InChI is InChI=1S/C19H24Cl2O3/c1-13(5-8-17-18(2,3)19(17,20)21)9-10-24-15-7-6-14(12-22)11-16(15)23-4/h6-7,9,11-12,17H,5,8,10H2,1-4H3. The summed E-state index contributed by atoms with van der Waals surface area (Å²) in [5, 5.41) is 0. The minimum atomic E-state index is -0.600. The molecule has 132 valence electrons. The second kappa shape index (κ2) is 7.37. The largest absolute Gasteiger partial charge is 0.493 e. The first-order chi connectivity index (χ1) is 11.2. The van der Waals surface area contributed by atoms with Gasteiger partial charge >= 0.3 is 0 Å². The van der Waals surface area contributed by atoms with Crippen molar-refractivity contribution in [3.63, 3.8) is 0 Å². The van der Waals surface area contributed by atoms with Gasteiger partial charge < -0.3 is 9.47 Å². The number of rotatable bonds is 8. The van der Waals surface area contributed by atoms with E-state index in [0.717, 1.165) is 19.1 Å². The van der Waals surface area contributed by atoms with Crippen molar-refractivity contribution in [2.45, 2.75) is 37.9 Å². The highest BCUT2D eigenvalue weighted by Crippen LogP contribution is 2.70. The molecule has 0 aliphatic heterocycles. The number of carbonyl (C=O) groups excluding carboxylic acids is 1. The molecule has 0 saturated heterocycles. The zero-order valence-electron chi connectivity index (χ0n) is 14.6. The molecule has 1 aromatic carbocycles. The average molecular weight is 371 g/mol. The first-order valence-corrected chi connectivity index (χ1v) is 8.79. The number of methoxy groups -OCH3 is 1. The molecule has 5 heteroatoms. The molecule has 1 fully saturated rings. The van der Waals surface area contributed by atoms with Crippen LogP contribution in [-0.4, -0.2) is 24.3 Å². The minimum absolute atomic E-state index is 0.0133. The van der Waals surface area contributed by atoms with Gasteiger partial charge in [-0.1, -0.05) is 19.4 Å². The van der Waals surface area contributed by atoms with Gasteiger partial charge in [0.05, 0.1) is 7.11 Å². The van der Waals surface area contributed by atoms with Crippen LogP contribution in [0.15, 0.2) is 29.8 Å². The van der Waals surface area contributed by atoms with Gasteiger partial charge in [0.15, 0.2) is 11.5 Å². The zero-order chi connectivity index (χ0) is 18.0. The summed E-state index contributed by atoms with van der Waals surface area (Å²) < 4.78 is 10.4. The van der Waals surface area contributed by atoms with Crippen molar-refractivity contribution in [1.82, 2.24) is 0 Å². The van der Waals surface area contributed by atoms with Crippen LogP contribution >= 0.6 is 23.2 Å². The molecule has 1 aliphatic carbocycles. The van der Waals surface area contributed by atoms with E-state index in [4.69, 9.17) is 32.7 Å². The Hall–Kier alpha value is -1.19. The van der Waals surface area contributed by atoms with Gasteiger partial charge in [0.1, 0.15) is 17.2 Å². The highest BCUT2D eigenvalue weighted by molar-refractivity contribution is 6.51. The summed E-state index contributed by atoms with van der Waals surface area (Å²) >= 11 is 12.6. The molecule has 1 aromatic rings. The molecule has 1 aliphatic rings. The van der Waals surface area contributed by atoms with E-state index in [1.807, 2.05) is 6.08 Å². The van der Waals surface area contributed by atoms with Gasteiger partial charge in [0, 0.05) is 16.9 Å². The summed E-state index contributed by atoms with van der Waals surface area (Å²) in [6, 6.07) is 5.11. The third-order valence-corrected chi connectivity index (χ3v) is 6.41. The first-order valence-electron chi connectivity index (χ1n) is 8.03. The third kappa shape index (κ3) is 3.89. The lowest BCUT2D eigenvalue weighted by molar-refractivity contribution is 0.112. The van der Waals surface area contributed by atoms with Crippen LogP contribution in [0.25, 0.3) is 0 Å². The lowest BCUT2D eigenvalue weighted by Crippen LogP contribution is -1.98. The topological polar surface area (TPSA) is 35.5 Å². The lowest BCUT2D eigenvalue weighted by atomic mass is 10.0. The molecule has 0 heterocycles. The Morgan fingerprint density at radius 1 is 1.29 bits per heavy atom. The van der Waals surface area contributed by atoms with Gasteiger partial charge in [0.2, 0.25) is 0 Å². The normalized spacial score (nSPS) is 21.2. The molecular formula is C19H24Cl2O3. The minimum Gasteiger partial charge on any atom is -0.493 e. The number of ether oxygens (including phenoxy) is 2. The molecule has 0 aromatic heterocycles. The van der Waals surface area contributed by atoms with Crippen molar-refractivity contribution in [2.75, 3.05) is 13.7 Å². The Labute approximate surface area is 153 Å². The second-order valence-electron chi connectivity index (χ2n) is 6.83. The Morgan fingerprint density at radius 2 is 1.96 bits per heavy atom. The van der Waals surface area contributed by atoms with Crippen LogP contribution in [-0.2, 0) is 0 Å². The van der Waals surface area contributed by atoms with Crippen LogP contribution in [0.1, 0.15) is 44.0 Å². The second-order valence-corrected chi connectivity index (χ2v) is 8.21. The van der Waals surface area contributed by atoms with E-state index in [2.05, 4.69) is 20.8 Å². The van der Waals surface area contributed by atoms with Crippen molar-refractivity contribution in [3.8, 4) is 11.5 Å². The molecule has 24 heavy (non-hydrogen) atoms. The summed E-state index contributed by atoms with van der Waals surface area (Å²) in [5.41, 5.74) is 1.79. The van der Waals surface area contributed by atoms with Crippen molar-refractivity contribution in [1.29, 1.82) is 0 Å². The molecule has 1 unspecified atom stereocenters. The van der Waals surface area contributed by atoms with E-state index < -0.39 is 4.33 Å². The van der Waals surface area contributed by atoms with Gasteiger partial charge in [0.25, 0.3) is 0 Å². The number of hydrogen-bond donors (Lipinski definition) is 0. The number of halogens is 2. The van der Waals surface area contributed by atoms with Crippen LogP contribution in [0.2, 0.25) is 0 Å². The van der Waals surface area contributed by atoms with E-state index in [-0.39, 0.29) is 5.41 Å². The zero-order valence-corrected chi connectivity index (χ0v) is 16.1. The molecule has 0 N–H and O–H groups in total. The van der Waals surface area contributed by atoms with Crippen molar-refractivity contribution >= 4 is 29.5 Å². The van der Waals surface area contributed by atoms with E-state index in [1.165, 1.54) is 5.57 Å². The Morgan fingerprint density at radius 3 is 2.50 bits per heavy atom. The average Bonchev–Trinajstić information content (AvgIpc) is 2.94.